The minimum Gasteiger partial charge on any atom is -0.391 e. The van der Waals surface area contributed by atoms with E-state index in [2.05, 4.69) is 66.5 Å². The maximum atomic E-state index is 10.4. The molecule has 2 N–H and O–H groups in total. The lowest BCUT2D eigenvalue weighted by Gasteiger charge is -2.40. The number of likely N-dealkylation sites (tertiary alicyclic amines) is 1. The molecule has 1 aliphatic heterocycles. The summed E-state index contributed by atoms with van der Waals surface area (Å²) in [6.45, 7) is 6.13. The van der Waals surface area contributed by atoms with Gasteiger partial charge in [-0.2, -0.15) is 0 Å². The van der Waals surface area contributed by atoms with Gasteiger partial charge in [0.2, 0.25) is 0 Å². The third-order valence-corrected chi connectivity index (χ3v) is 4.92. The van der Waals surface area contributed by atoms with Crippen LogP contribution in [-0.4, -0.2) is 35.2 Å². The zero-order chi connectivity index (χ0) is 16.2. The molecule has 0 amide bonds. The van der Waals surface area contributed by atoms with E-state index in [0.29, 0.717) is 6.04 Å². The Kier molecular flexibility index (Phi) is 4.99. The molecule has 0 radical (unpaired) electrons. The second kappa shape index (κ2) is 7.16. The molecule has 23 heavy (non-hydrogen) atoms. The number of aryl methyl sites for hydroxylation is 1. The van der Waals surface area contributed by atoms with Crippen molar-refractivity contribution in [2.75, 3.05) is 18.4 Å². The molecule has 0 saturated carbocycles. The maximum Gasteiger partial charge on any atom is 0.0765 e. The molecule has 0 aromatic heterocycles. The molecule has 0 spiro atoms. The average Bonchev–Trinajstić information content (AvgIpc) is 2.59. The lowest BCUT2D eigenvalue weighted by Crippen LogP contribution is -2.51. The zero-order valence-electron chi connectivity index (χ0n) is 13.9. The highest BCUT2D eigenvalue weighted by atomic mass is 16.3. The molecular formula is C20H26N2O. The summed E-state index contributed by atoms with van der Waals surface area (Å²) < 4.78 is 0. The van der Waals surface area contributed by atoms with E-state index < -0.39 is 0 Å². The number of aliphatic hydroxyl groups is 1. The van der Waals surface area contributed by atoms with Crippen LogP contribution in [0.1, 0.15) is 30.5 Å². The van der Waals surface area contributed by atoms with Crippen LogP contribution >= 0.6 is 0 Å². The molecule has 1 unspecified atom stereocenters. The van der Waals surface area contributed by atoms with Crippen molar-refractivity contribution in [1.82, 2.24) is 4.90 Å². The quantitative estimate of drug-likeness (QED) is 0.905. The van der Waals surface area contributed by atoms with Gasteiger partial charge in [0.15, 0.2) is 0 Å². The number of aliphatic hydroxyl groups excluding tert-OH is 1. The standard InChI is InChI=1S/C20H26N2O/c1-15-8-6-7-11-18(15)21-19-14-22(13-12-20(19)23)16(2)17-9-4-3-5-10-17/h3-11,16,19-21,23H,12-14H2,1-2H3/t16?,19-,20-/m1/s1. The number of para-hydroxylation sites is 1. The van der Waals surface area contributed by atoms with Crippen molar-refractivity contribution in [2.24, 2.45) is 0 Å². The van der Waals surface area contributed by atoms with E-state index in [9.17, 15) is 5.11 Å². The predicted octanol–water partition coefficient (Wildman–Crippen LogP) is 3.60. The van der Waals surface area contributed by atoms with Crippen molar-refractivity contribution in [1.29, 1.82) is 0 Å². The second-order valence-corrected chi connectivity index (χ2v) is 6.50. The number of nitrogens with zero attached hydrogens (tertiary/aromatic N) is 1. The minimum absolute atomic E-state index is 0.0658. The van der Waals surface area contributed by atoms with E-state index in [1.54, 1.807) is 0 Å². The van der Waals surface area contributed by atoms with Crippen molar-refractivity contribution in [3.8, 4) is 0 Å². The molecule has 1 aliphatic rings. The SMILES string of the molecule is Cc1ccccc1N[C@@H]1CN(C(C)c2ccccc2)CC[C@H]1O. The van der Waals surface area contributed by atoms with Crippen molar-refractivity contribution in [2.45, 2.75) is 38.5 Å². The monoisotopic (exact) mass is 310 g/mol. The summed E-state index contributed by atoms with van der Waals surface area (Å²) in [6.07, 6.45) is 0.509. The lowest BCUT2D eigenvalue weighted by atomic mass is 9.97. The summed E-state index contributed by atoms with van der Waals surface area (Å²) in [5, 5.41) is 13.9. The Morgan fingerprint density at radius 1 is 1.09 bits per heavy atom. The number of piperidine rings is 1. The molecule has 122 valence electrons. The van der Waals surface area contributed by atoms with Crippen molar-refractivity contribution < 1.29 is 5.11 Å². The highest BCUT2D eigenvalue weighted by molar-refractivity contribution is 5.51. The Hall–Kier alpha value is -1.84. The van der Waals surface area contributed by atoms with Gasteiger partial charge in [0.25, 0.3) is 0 Å². The maximum absolute atomic E-state index is 10.4. The summed E-state index contributed by atoms with van der Waals surface area (Å²) in [7, 11) is 0. The number of nitrogens with one attached hydrogen (secondary N) is 1. The minimum atomic E-state index is -0.297. The third-order valence-electron chi connectivity index (χ3n) is 4.92. The number of benzene rings is 2. The molecule has 3 atom stereocenters. The summed E-state index contributed by atoms with van der Waals surface area (Å²) in [5.41, 5.74) is 3.66. The smallest absolute Gasteiger partial charge is 0.0765 e. The summed E-state index contributed by atoms with van der Waals surface area (Å²) in [5.74, 6) is 0. The van der Waals surface area contributed by atoms with E-state index >= 15 is 0 Å². The van der Waals surface area contributed by atoms with Crippen LogP contribution in [0.4, 0.5) is 5.69 Å². The van der Waals surface area contributed by atoms with E-state index in [1.165, 1.54) is 11.1 Å². The van der Waals surface area contributed by atoms with E-state index in [0.717, 1.165) is 25.2 Å². The highest BCUT2D eigenvalue weighted by Crippen LogP contribution is 2.26. The van der Waals surface area contributed by atoms with Gasteiger partial charge >= 0.3 is 0 Å². The molecule has 0 aliphatic carbocycles. The normalized spacial score (nSPS) is 23.4. The molecule has 1 heterocycles. The van der Waals surface area contributed by atoms with E-state index in [1.807, 2.05) is 12.1 Å². The molecular weight excluding hydrogens is 284 g/mol. The van der Waals surface area contributed by atoms with Gasteiger partial charge in [-0.25, -0.2) is 0 Å². The molecule has 2 aromatic rings. The van der Waals surface area contributed by atoms with Crippen LogP contribution < -0.4 is 5.32 Å². The number of hydrogen-bond acceptors (Lipinski definition) is 3. The van der Waals surface area contributed by atoms with E-state index in [4.69, 9.17) is 0 Å². The van der Waals surface area contributed by atoms with Gasteiger partial charge in [0.1, 0.15) is 0 Å². The molecule has 1 fully saturated rings. The topological polar surface area (TPSA) is 35.5 Å². The van der Waals surface area contributed by atoms with Gasteiger partial charge < -0.3 is 10.4 Å². The fourth-order valence-corrected chi connectivity index (χ4v) is 3.34. The van der Waals surface area contributed by atoms with Crippen molar-refractivity contribution in [3.05, 3.63) is 65.7 Å². The van der Waals surface area contributed by atoms with Gasteiger partial charge in [-0.05, 0) is 37.5 Å². The Bertz CT molecular complexity index is 629. The average molecular weight is 310 g/mol. The van der Waals surface area contributed by atoms with Crippen LogP contribution in [-0.2, 0) is 0 Å². The lowest BCUT2D eigenvalue weighted by molar-refractivity contribution is 0.0527. The summed E-state index contributed by atoms with van der Waals surface area (Å²) >= 11 is 0. The van der Waals surface area contributed by atoms with Crippen LogP contribution in [0.3, 0.4) is 0 Å². The van der Waals surface area contributed by atoms with Gasteiger partial charge in [-0.3, -0.25) is 4.90 Å². The number of rotatable bonds is 4. The summed E-state index contributed by atoms with van der Waals surface area (Å²) in [6, 6.07) is 19.3. The third kappa shape index (κ3) is 3.74. The number of hydrogen-bond donors (Lipinski definition) is 2. The fourth-order valence-electron chi connectivity index (χ4n) is 3.34. The van der Waals surface area contributed by atoms with Crippen LogP contribution in [0, 0.1) is 6.92 Å². The first kappa shape index (κ1) is 16.0. The van der Waals surface area contributed by atoms with Crippen molar-refractivity contribution in [3.63, 3.8) is 0 Å². The van der Waals surface area contributed by atoms with Gasteiger partial charge in [-0.15, -0.1) is 0 Å². The molecule has 1 saturated heterocycles. The highest BCUT2D eigenvalue weighted by Gasteiger charge is 2.30. The first-order valence-corrected chi connectivity index (χ1v) is 8.44. The van der Waals surface area contributed by atoms with Crippen LogP contribution in [0.2, 0.25) is 0 Å². The first-order chi connectivity index (χ1) is 11.1. The fraction of sp³-hybridized carbons (Fsp3) is 0.400. The molecule has 3 nitrogen and oxygen atoms in total. The second-order valence-electron chi connectivity index (χ2n) is 6.50. The van der Waals surface area contributed by atoms with Crippen molar-refractivity contribution >= 4 is 5.69 Å². The molecule has 3 rings (SSSR count). The van der Waals surface area contributed by atoms with Crippen LogP contribution in [0.5, 0.6) is 0 Å². The zero-order valence-corrected chi connectivity index (χ0v) is 13.9. The first-order valence-electron chi connectivity index (χ1n) is 8.44. The Balaban J connectivity index is 1.71. The Morgan fingerprint density at radius 3 is 2.52 bits per heavy atom. The summed E-state index contributed by atoms with van der Waals surface area (Å²) in [4.78, 5) is 2.46. The van der Waals surface area contributed by atoms with Gasteiger partial charge in [0.05, 0.1) is 12.1 Å². The molecule has 2 aromatic carbocycles. The largest absolute Gasteiger partial charge is 0.391 e. The predicted molar refractivity (Wildman–Crippen MR) is 95.6 cm³/mol. The number of anilines is 1. The van der Waals surface area contributed by atoms with Crippen LogP contribution in [0.15, 0.2) is 54.6 Å². The van der Waals surface area contributed by atoms with Crippen LogP contribution in [0.25, 0.3) is 0 Å². The Morgan fingerprint density at radius 2 is 1.78 bits per heavy atom. The Labute approximate surface area is 139 Å². The van der Waals surface area contributed by atoms with E-state index in [-0.39, 0.29) is 12.1 Å². The van der Waals surface area contributed by atoms with Gasteiger partial charge in [0, 0.05) is 24.8 Å². The molecule has 0 bridgehead atoms. The van der Waals surface area contributed by atoms with Gasteiger partial charge in [-0.1, -0.05) is 48.5 Å². The molecule has 3 heteroatoms.